The summed E-state index contributed by atoms with van der Waals surface area (Å²) >= 11 is 0. The zero-order valence-electron chi connectivity index (χ0n) is 14.6. The lowest BCUT2D eigenvalue weighted by Gasteiger charge is -2.05. The van der Waals surface area contributed by atoms with Gasteiger partial charge in [-0.15, -0.1) is 0 Å². The van der Waals surface area contributed by atoms with Gasteiger partial charge in [0, 0.05) is 23.5 Å². The minimum absolute atomic E-state index is 0.00241. The molecule has 0 aliphatic carbocycles. The molecule has 0 radical (unpaired) electrons. The molecule has 3 aromatic rings. The van der Waals surface area contributed by atoms with E-state index in [-0.39, 0.29) is 22.9 Å². The molecule has 28 heavy (non-hydrogen) atoms. The Labute approximate surface area is 158 Å². The number of rotatable bonds is 4. The Morgan fingerprint density at radius 3 is 2.89 bits per heavy atom. The van der Waals surface area contributed by atoms with E-state index >= 15 is 0 Å². The predicted octanol–water partition coefficient (Wildman–Crippen LogP) is 4.31. The monoisotopic (exact) mass is 379 g/mol. The Morgan fingerprint density at radius 2 is 2.11 bits per heavy atom. The summed E-state index contributed by atoms with van der Waals surface area (Å²) in [5, 5.41) is 13.2. The number of esters is 1. The number of para-hydroxylation sites is 1. The topological polar surface area (TPSA) is 97.0 Å². The van der Waals surface area contributed by atoms with Crippen molar-refractivity contribution in [2.24, 2.45) is 4.99 Å². The summed E-state index contributed by atoms with van der Waals surface area (Å²) in [5.74, 6) is -1.40. The predicted molar refractivity (Wildman–Crippen MR) is 102 cm³/mol. The summed E-state index contributed by atoms with van der Waals surface area (Å²) in [6, 6.07) is 9.45. The SMILES string of the molecule is COC(=O)c1c(Nc2ccccc2F)oc(C=C2C=Nc3ncccc32)c1O. The Bertz CT molecular complexity index is 1130. The van der Waals surface area contributed by atoms with Gasteiger partial charge in [0.1, 0.15) is 5.82 Å². The van der Waals surface area contributed by atoms with E-state index in [4.69, 9.17) is 9.15 Å². The van der Waals surface area contributed by atoms with E-state index in [9.17, 15) is 14.3 Å². The number of nitrogens with zero attached hydrogens (tertiary/aromatic N) is 2. The van der Waals surface area contributed by atoms with Gasteiger partial charge in [0.25, 0.3) is 0 Å². The number of allylic oxidation sites excluding steroid dienone is 1. The number of hydrogen-bond donors (Lipinski definition) is 2. The summed E-state index contributed by atoms with van der Waals surface area (Å²) in [6.07, 6.45) is 4.71. The summed E-state index contributed by atoms with van der Waals surface area (Å²) in [4.78, 5) is 20.5. The average Bonchev–Trinajstić information content (AvgIpc) is 3.25. The molecule has 0 unspecified atom stereocenters. The number of fused-ring (bicyclic) bond motifs is 1. The molecule has 1 aromatic carbocycles. The summed E-state index contributed by atoms with van der Waals surface area (Å²) in [7, 11) is 1.17. The lowest BCUT2D eigenvalue weighted by atomic mass is 10.1. The van der Waals surface area contributed by atoms with Gasteiger partial charge < -0.3 is 19.6 Å². The van der Waals surface area contributed by atoms with E-state index in [0.29, 0.717) is 11.4 Å². The molecule has 0 atom stereocenters. The van der Waals surface area contributed by atoms with Crippen LogP contribution >= 0.6 is 0 Å². The summed E-state index contributed by atoms with van der Waals surface area (Å²) in [6.45, 7) is 0. The minimum Gasteiger partial charge on any atom is -0.504 e. The van der Waals surface area contributed by atoms with Crippen molar-refractivity contribution in [1.29, 1.82) is 0 Å². The van der Waals surface area contributed by atoms with Crippen LogP contribution in [0.15, 0.2) is 52.0 Å². The quantitative estimate of drug-likeness (QED) is 0.656. The van der Waals surface area contributed by atoms with Gasteiger partial charge in [-0.2, -0.15) is 0 Å². The van der Waals surface area contributed by atoms with Gasteiger partial charge in [-0.25, -0.2) is 19.2 Å². The number of pyridine rings is 1. The van der Waals surface area contributed by atoms with Crippen LogP contribution in [0, 0.1) is 5.82 Å². The molecule has 0 saturated heterocycles. The number of methoxy groups -OCH3 is 1. The molecule has 2 N–H and O–H groups in total. The number of anilines is 2. The van der Waals surface area contributed by atoms with Crippen molar-refractivity contribution in [2.45, 2.75) is 0 Å². The smallest absolute Gasteiger partial charge is 0.347 e. The lowest BCUT2D eigenvalue weighted by molar-refractivity contribution is 0.0598. The third kappa shape index (κ3) is 3.01. The number of halogens is 1. The van der Waals surface area contributed by atoms with Crippen molar-refractivity contribution in [2.75, 3.05) is 12.4 Å². The van der Waals surface area contributed by atoms with Crippen LogP contribution in [0.3, 0.4) is 0 Å². The van der Waals surface area contributed by atoms with Crippen molar-refractivity contribution >= 4 is 41.2 Å². The maximum Gasteiger partial charge on any atom is 0.347 e. The highest BCUT2D eigenvalue weighted by Gasteiger charge is 2.27. The zero-order chi connectivity index (χ0) is 19.7. The normalized spacial score (nSPS) is 13.6. The van der Waals surface area contributed by atoms with Crippen molar-refractivity contribution in [3.8, 4) is 5.75 Å². The van der Waals surface area contributed by atoms with Crippen LogP contribution in [-0.4, -0.2) is 29.4 Å². The largest absolute Gasteiger partial charge is 0.504 e. The lowest BCUT2D eigenvalue weighted by Crippen LogP contribution is -2.04. The van der Waals surface area contributed by atoms with Gasteiger partial charge in [-0.3, -0.25) is 0 Å². The number of ether oxygens (including phenoxy) is 1. The molecule has 1 aliphatic rings. The molecule has 0 spiro atoms. The minimum atomic E-state index is -0.827. The maximum absolute atomic E-state index is 14.0. The number of aromatic nitrogens is 1. The van der Waals surface area contributed by atoms with Gasteiger partial charge in [-0.1, -0.05) is 12.1 Å². The van der Waals surface area contributed by atoms with E-state index in [2.05, 4.69) is 15.3 Å². The molecule has 140 valence electrons. The molecule has 0 fully saturated rings. The molecule has 0 saturated carbocycles. The van der Waals surface area contributed by atoms with E-state index in [0.717, 1.165) is 5.56 Å². The average molecular weight is 379 g/mol. The molecule has 4 rings (SSSR count). The fourth-order valence-corrected chi connectivity index (χ4v) is 2.78. The molecule has 0 amide bonds. The second-order valence-corrected chi connectivity index (χ2v) is 5.85. The van der Waals surface area contributed by atoms with Crippen LogP contribution in [0.5, 0.6) is 5.75 Å². The van der Waals surface area contributed by atoms with E-state index in [1.807, 2.05) is 6.07 Å². The molecule has 1 aliphatic heterocycles. The van der Waals surface area contributed by atoms with Crippen molar-refractivity contribution in [1.82, 2.24) is 4.98 Å². The third-order valence-corrected chi connectivity index (χ3v) is 4.13. The molecule has 0 bridgehead atoms. The van der Waals surface area contributed by atoms with Crippen LogP contribution < -0.4 is 5.32 Å². The number of aliphatic imine (C=N–C) groups is 1. The van der Waals surface area contributed by atoms with Gasteiger partial charge in [0.2, 0.25) is 5.88 Å². The van der Waals surface area contributed by atoms with Crippen LogP contribution in [0.1, 0.15) is 21.7 Å². The fraction of sp³-hybridized carbons (Fsp3) is 0.0500. The number of aromatic hydroxyl groups is 1. The fourth-order valence-electron chi connectivity index (χ4n) is 2.78. The van der Waals surface area contributed by atoms with E-state index in [1.165, 1.54) is 31.4 Å². The first-order valence-corrected chi connectivity index (χ1v) is 8.25. The van der Waals surface area contributed by atoms with E-state index < -0.39 is 17.5 Å². The second kappa shape index (κ2) is 6.99. The van der Waals surface area contributed by atoms with Gasteiger partial charge in [0.05, 0.1) is 12.8 Å². The first-order valence-electron chi connectivity index (χ1n) is 8.25. The zero-order valence-corrected chi connectivity index (χ0v) is 14.6. The number of benzene rings is 1. The number of hydrogen-bond acceptors (Lipinski definition) is 7. The van der Waals surface area contributed by atoms with Crippen molar-refractivity contribution in [3.05, 3.63) is 65.3 Å². The molecule has 8 heteroatoms. The summed E-state index contributed by atoms with van der Waals surface area (Å²) in [5.41, 5.74) is 1.24. The van der Waals surface area contributed by atoms with Crippen LogP contribution in [-0.2, 0) is 4.74 Å². The molecule has 7 nitrogen and oxygen atoms in total. The molecule has 3 heterocycles. The number of nitrogens with one attached hydrogen (secondary N) is 1. The van der Waals surface area contributed by atoms with Gasteiger partial charge >= 0.3 is 5.97 Å². The molecular weight excluding hydrogens is 365 g/mol. The Kier molecular flexibility index (Phi) is 4.36. The number of carbonyl (C=O) groups excluding carboxylic acids is 1. The highest BCUT2D eigenvalue weighted by atomic mass is 19.1. The molecule has 2 aromatic heterocycles. The standard InChI is InChI=1S/C20H14FN3O4/c1-27-20(26)16-17(25)15(9-11-10-23-18-12(11)5-4-8-22-18)28-19(16)24-14-7-3-2-6-13(14)21/h2-10,24-25H,1H3. The van der Waals surface area contributed by atoms with E-state index in [1.54, 1.807) is 24.5 Å². The Morgan fingerprint density at radius 1 is 1.29 bits per heavy atom. The summed E-state index contributed by atoms with van der Waals surface area (Å²) < 4.78 is 24.3. The number of carbonyl (C=O) groups is 1. The Balaban J connectivity index is 1.79. The molecular formula is C20H14FN3O4. The van der Waals surface area contributed by atoms with Crippen LogP contribution in [0.4, 0.5) is 21.8 Å². The first kappa shape index (κ1) is 17.5. The highest BCUT2D eigenvalue weighted by molar-refractivity contribution is 6.21. The number of furan rings is 1. The second-order valence-electron chi connectivity index (χ2n) is 5.85. The third-order valence-electron chi connectivity index (χ3n) is 4.13. The van der Waals surface area contributed by atoms with Gasteiger partial charge in [0.15, 0.2) is 22.9 Å². The van der Waals surface area contributed by atoms with Crippen LogP contribution in [0.2, 0.25) is 0 Å². The Hall–Kier alpha value is -3.94. The first-order chi connectivity index (χ1) is 13.6. The van der Waals surface area contributed by atoms with Crippen molar-refractivity contribution < 1.29 is 23.4 Å². The van der Waals surface area contributed by atoms with Gasteiger partial charge in [-0.05, 0) is 30.3 Å². The highest BCUT2D eigenvalue weighted by Crippen LogP contribution is 2.39. The van der Waals surface area contributed by atoms with Crippen molar-refractivity contribution in [3.63, 3.8) is 0 Å². The maximum atomic E-state index is 14.0. The van der Waals surface area contributed by atoms with Crippen LogP contribution in [0.25, 0.3) is 11.6 Å².